The zero-order chi connectivity index (χ0) is 20.1. The second-order valence-electron chi connectivity index (χ2n) is 4.13. The topological polar surface area (TPSA) is 3.88 Å². The molecule has 0 radical (unpaired) electrons. The van der Waals surface area contributed by atoms with Crippen molar-refractivity contribution in [3.8, 4) is 11.3 Å². The highest BCUT2D eigenvalue weighted by Crippen LogP contribution is 2.24. The molecule has 0 saturated carbocycles. The number of benzene rings is 1. The van der Waals surface area contributed by atoms with Gasteiger partial charge in [0.15, 0.2) is 6.20 Å². The van der Waals surface area contributed by atoms with E-state index in [9.17, 15) is 0 Å². The van der Waals surface area contributed by atoms with Gasteiger partial charge in [0.1, 0.15) is 7.05 Å². The smallest absolute Gasteiger partial charge is 0.201 e. The van der Waals surface area contributed by atoms with Crippen molar-refractivity contribution in [3.05, 3.63) is 52.7 Å². The molecule has 0 aliphatic carbocycles. The maximum absolute atomic E-state index is 7.82. The molecule has 0 spiro atoms. The van der Waals surface area contributed by atoms with Crippen LogP contribution in [0.3, 0.4) is 0 Å². The van der Waals surface area contributed by atoms with Crippen LogP contribution in [0.1, 0.15) is 34.6 Å². The molecule has 0 fully saturated rings. The van der Waals surface area contributed by atoms with Crippen LogP contribution in [0.15, 0.2) is 30.5 Å². The molecule has 1 heteroatoms. The van der Waals surface area contributed by atoms with Crippen LogP contribution in [0.25, 0.3) is 11.3 Å². The highest BCUT2D eigenvalue weighted by molar-refractivity contribution is 5.64. The van der Waals surface area contributed by atoms with E-state index in [0.717, 1.165) is 0 Å². The molecular weight excluding hydrogens is 206 g/mol. The van der Waals surface area contributed by atoms with E-state index in [2.05, 4.69) is 0 Å². The monoisotopic (exact) mass is 235 g/mol. The largest absolute Gasteiger partial charge is 0.215 e. The highest BCUT2D eigenvalue weighted by Gasteiger charge is 2.15. The van der Waals surface area contributed by atoms with Gasteiger partial charge in [-0.25, -0.2) is 4.57 Å². The zero-order valence-electron chi connectivity index (χ0n) is 18.8. The Labute approximate surface area is 116 Å². The summed E-state index contributed by atoms with van der Waals surface area (Å²) in [5.41, 5.74) is 1.50. The van der Waals surface area contributed by atoms with E-state index in [1.54, 1.807) is 20.0 Å². The van der Waals surface area contributed by atoms with Gasteiger partial charge in [-0.2, -0.15) is 0 Å². The van der Waals surface area contributed by atoms with Gasteiger partial charge in [-0.1, -0.05) is 17.7 Å². The molecule has 17 heavy (non-hydrogen) atoms. The first-order chi connectivity index (χ1) is 11.6. The number of pyridine rings is 1. The molecule has 1 aromatic carbocycles. The second-order valence-corrected chi connectivity index (χ2v) is 4.13. The summed E-state index contributed by atoms with van der Waals surface area (Å²) < 4.78 is 70.1. The summed E-state index contributed by atoms with van der Waals surface area (Å²) in [6, 6.07) is 5.70. The average molecular weight is 235 g/mol. The van der Waals surface area contributed by atoms with Crippen LogP contribution in [-0.4, -0.2) is 0 Å². The fourth-order valence-corrected chi connectivity index (χ4v) is 1.99. The molecule has 0 atom stereocenters. The predicted molar refractivity (Wildman–Crippen MR) is 72.0 cm³/mol. The fourth-order valence-electron chi connectivity index (χ4n) is 1.99. The lowest BCUT2D eigenvalue weighted by Crippen LogP contribution is -2.32. The molecule has 1 heterocycles. The summed E-state index contributed by atoms with van der Waals surface area (Å²) in [5, 5.41) is 0. The van der Waals surface area contributed by atoms with Gasteiger partial charge in [-0.3, -0.25) is 0 Å². The lowest BCUT2D eigenvalue weighted by molar-refractivity contribution is -0.661. The molecule has 0 aliphatic heterocycles. The maximum atomic E-state index is 7.82. The predicted octanol–water partition coefficient (Wildman–Crippen LogP) is 3.41. The van der Waals surface area contributed by atoms with Crippen molar-refractivity contribution in [2.75, 3.05) is 0 Å². The average Bonchev–Trinajstić information content (AvgIpc) is 2.44. The molecule has 0 saturated heterocycles. The Bertz CT molecular complexity index is 829. The van der Waals surface area contributed by atoms with Crippen LogP contribution in [0.2, 0.25) is 0 Å². The number of nitrogens with zero attached hydrogens (tertiary/aromatic N) is 1. The first-order valence-electron chi connectivity index (χ1n) is 9.78. The van der Waals surface area contributed by atoms with Crippen molar-refractivity contribution in [1.29, 1.82) is 0 Å². The Morgan fingerprint density at radius 3 is 2.41 bits per heavy atom. The van der Waals surface area contributed by atoms with Crippen molar-refractivity contribution >= 4 is 0 Å². The zero-order valence-corrected chi connectivity index (χ0v) is 9.83. The van der Waals surface area contributed by atoms with E-state index in [0.29, 0.717) is 16.8 Å². The summed E-state index contributed by atoms with van der Waals surface area (Å²) in [6.07, 6.45) is 1.38. The maximum Gasteiger partial charge on any atom is 0.215 e. The minimum Gasteiger partial charge on any atom is -0.201 e. The van der Waals surface area contributed by atoms with Crippen LogP contribution in [-0.2, 0) is 7.05 Å². The third kappa shape index (κ3) is 2.23. The Morgan fingerprint density at radius 2 is 1.76 bits per heavy atom. The molecule has 0 bridgehead atoms. The summed E-state index contributed by atoms with van der Waals surface area (Å²) >= 11 is 0. The Hall–Kier alpha value is -1.63. The van der Waals surface area contributed by atoms with Crippen LogP contribution < -0.4 is 4.57 Å². The van der Waals surface area contributed by atoms with Gasteiger partial charge in [-0.05, 0) is 45.2 Å². The van der Waals surface area contributed by atoms with Gasteiger partial charge >= 0.3 is 0 Å². The third-order valence-electron chi connectivity index (χ3n) is 2.72. The van der Waals surface area contributed by atoms with Gasteiger partial charge < -0.3 is 0 Å². The number of hydrogen-bond acceptors (Lipinski definition) is 0. The van der Waals surface area contributed by atoms with E-state index in [1.807, 2.05) is 0 Å². The minimum absolute atomic E-state index is 0.0633. The Balaban J connectivity index is 2.78. The highest BCUT2D eigenvalue weighted by atomic mass is 14.9. The van der Waals surface area contributed by atoms with Crippen LogP contribution >= 0.6 is 0 Å². The molecule has 0 unspecified atom stereocenters. The Kier molecular flexibility index (Phi) is 1.25. The molecule has 2 rings (SSSR count). The lowest BCUT2D eigenvalue weighted by Gasteiger charge is -2.08. The number of aryl methyl sites for hydroxylation is 5. The number of hydrogen-bond donors (Lipinski definition) is 0. The first kappa shape index (κ1) is 4.93. The summed E-state index contributed by atoms with van der Waals surface area (Å²) in [7, 11) is 1.58. The molecule has 1 aromatic heterocycles. The van der Waals surface area contributed by atoms with Gasteiger partial charge in [0.05, 0.1) is 0 Å². The molecular formula is C16H20N+. The van der Waals surface area contributed by atoms with Crippen molar-refractivity contribution in [3.63, 3.8) is 0 Å². The summed E-state index contributed by atoms with van der Waals surface area (Å²) in [6.45, 7) is -5.52. The quantitative estimate of drug-likeness (QED) is 0.667. The summed E-state index contributed by atoms with van der Waals surface area (Å²) in [4.78, 5) is 0. The van der Waals surface area contributed by atoms with Crippen molar-refractivity contribution in [2.24, 2.45) is 7.05 Å². The molecule has 0 aliphatic rings. The van der Waals surface area contributed by atoms with Gasteiger partial charge in [0, 0.05) is 29.0 Å². The van der Waals surface area contributed by atoms with Crippen molar-refractivity contribution in [2.45, 2.75) is 27.5 Å². The van der Waals surface area contributed by atoms with E-state index in [-0.39, 0.29) is 16.7 Å². The van der Waals surface area contributed by atoms with Crippen LogP contribution in [0, 0.1) is 27.5 Å². The molecule has 88 valence electrons. The normalized spacial score (nSPS) is 20.7. The summed E-state index contributed by atoms with van der Waals surface area (Å²) in [5.74, 6) is 0. The van der Waals surface area contributed by atoms with Crippen molar-refractivity contribution < 1.29 is 16.9 Å². The molecule has 2 aromatic rings. The van der Waals surface area contributed by atoms with E-state index >= 15 is 0 Å². The van der Waals surface area contributed by atoms with Gasteiger partial charge in [-0.15, -0.1) is 0 Å². The first-order valence-corrected chi connectivity index (χ1v) is 5.28. The molecule has 1 nitrogen and oxygen atoms in total. The van der Waals surface area contributed by atoms with E-state index in [4.69, 9.17) is 12.3 Å². The van der Waals surface area contributed by atoms with Crippen molar-refractivity contribution in [1.82, 2.24) is 0 Å². The number of rotatable bonds is 1. The molecule has 0 amide bonds. The van der Waals surface area contributed by atoms with Crippen LogP contribution in [0.4, 0.5) is 0 Å². The van der Waals surface area contributed by atoms with Crippen LogP contribution in [0.5, 0.6) is 0 Å². The van der Waals surface area contributed by atoms with Gasteiger partial charge in [0.2, 0.25) is 5.69 Å². The standard InChI is InChI=1S/C16H20N/c1-11-6-7-15(13(3)8-11)16-14(4)9-12(2)10-17(16)5/h6-10H,1-5H3/q+1/i1D3,2D3,4D3. The number of aromatic nitrogens is 1. The van der Waals surface area contributed by atoms with E-state index in [1.165, 1.54) is 29.0 Å². The molecule has 0 N–H and O–H groups in total. The second kappa shape index (κ2) is 4.33. The third-order valence-corrected chi connectivity index (χ3v) is 2.72. The SMILES string of the molecule is [2H]C([2H])([2H])c1ccc(-c2c(C([2H])([2H])[2H])cc(C([2H])([2H])[2H])c[n+]2C)c(C)c1. The minimum atomic E-state index is -2.52. The Morgan fingerprint density at radius 1 is 1.00 bits per heavy atom. The lowest BCUT2D eigenvalue weighted by atomic mass is 9.99. The van der Waals surface area contributed by atoms with E-state index < -0.39 is 20.6 Å². The van der Waals surface area contributed by atoms with Gasteiger partial charge in [0.25, 0.3) is 0 Å². The fraction of sp³-hybridized carbons (Fsp3) is 0.312.